The highest BCUT2D eigenvalue weighted by Gasteiger charge is 2.19. The highest BCUT2D eigenvalue weighted by molar-refractivity contribution is 5.79. The molecule has 0 aliphatic carbocycles. The quantitative estimate of drug-likeness (QED) is 0.537. The molecule has 2 rings (SSSR count). The van der Waals surface area contributed by atoms with E-state index in [0.717, 1.165) is 31.2 Å². The van der Waals surface area contributed by atoms with Gasteiger partial charge in [-0.1, -0.05) is 51.1 Å². The average molecular weight is 386 g/mol. The van der Waals surface area contributed by atoms with Crippen LogP contribution < -0.4 is 10.6 Å². The lowest BCUT2D eigenvalue weighted by Gasteiger charge is -2.25. The van der Waals surface area contributed by atoms with Gasteiger partial charge in [0.15, 0.2) is 5.96 Å². The maximum Gasteiger partial charge on any atom is 0.213 e. The molecule has 1 atom stereocenters. The third kappa shape index (κ3) is 7.00. The van der Waals surface area contributed by atoms with Gasteiger partial charge in [-0.05, 0) is 26.0 Å². The molecule has 2 aromatic rings. The molecule has 1 aromatic heterocycles. The molecule has 0 aliphatic rings. The van der Waals surface area contributed by atoms with Crippen LogP contribution in [0, 0.1) is 0 Å². The van der Waals surface area contributed by atoms with E-state index in [0.29, 0.717) is 18.5 Å². The second kappa shape index (κ2) is 10.3. The van der Waals surface area contributed by atoms with E-state index in [-0.39, 0.29) is 5.41 Å². The Balaban J connectivity index is 1.72. The molecular weight excluding hydrogens is 350 g/mol. The molecule has 0 amide bonds. The van der Waals surface area contributed by atoms with Gasteiger partial charge >= 0.3 is 0 Å². The Morgan fingerprint density at radius 1 is 1.21 bits per heavy atom. The zero-order valence-corrected chi connectivity index (χ0v) is 18.1. The van der Waals surface area contributed by atoms with E-state index >= 15 is 0 Å². The number of nitrogens with one attached hydrogen (secondary N) is 2. The number of benzene rings is 1. The second-order valence-electron chi connectivity index (χ2n) is 8.26. The summed E-state index contributed by atoms with van der Waals surface area (Å²) in [6.45, 7) is 10.9. The summed E-state index contributed by atoms with van der Waals surface area (Å²) in [6.07, 6.45) is 2.83. The standard InChI is InChI=1S/C22H35N5O/c1-17(27(6)16-18-10-8-7-9-11-18)12-13-24-21(23-5)26-15-20-25-14-19(28-20)22(2,3)4/h7-11,14,17H,12-13,15-16H2,1-6H3,(H2,23,24,26). The minimum atomic E-state index is -0.0346. The number of aliphatic imine (C=N–C) groups is 1. The molecule has 6 heteroatoms. The molecule has 0 aliphatic heterocycles. The third-order valence-electron chi connectivity index (χ3n) is 4.81. The van der Waals surface area contributed by atoms with Crippen molar-refractivity contribution in [1.29, 1.82) is 0 Å². The van der Waals surface area contributed by atoms with Crippen LogP contribution in [0.15, 0.2) is 45.9 Å². The summed E-state index contributed by atoms with van der Waals surface area (Å²) < 4.78 is 5.81. The summed E-state index contributed by atoms with van der Waals surface area (Å²) in [7, 11) is 3.94. The van der Waals surface area contributed by atoms with Gasteiger partial charge in [0.1, 0.15) is 5.76 Å². The number of rotatable bonds is 8. The minimum Gasteiger partial charge on any atom is -0.443 e. The molecule has 1 aromatic carbocycles. The topological polar surface area (TPSA) is 65.7 Å². The number of hydrogen-bond acceptors (Lipinski definition) is 4. The second-order valence-corrected chi connectivity index (χ2v) is 8.26. The number of oxazole rings is 1. The number of nitrogens with zero attached hydrogens (tertiary/aromatic N) is 3. The molecule has 0 saturated heterocycles. The average Bonchev–Trinajstić information content (AvgIpc) is 3.14. The van der Waals surface area contributed by atoms with Gasteiger partial charge in [-0.25, -0.2) is 4.98 Å². The van der Waals surface area contributed by atoms with Crippen LogP contribution in [0.5, 0.6) is 0 Å². The predicted molar refractivity (Wildman–Crippen MR) is 115 cm³/mol. The van der Waals surface area contributed by atoms with Crippen molar-refractivity contribution in [2.45, 2.75) is 58.7 Å². The Kier molecular flexibility index (Phi) is 8.05. The molecule has 0 radical (unpaired) electrons. The maximum absolute atomic E-state index is 5.81. The Morgan fingerprint density at radius 3 is 2.54 bits per heavy atom. The zero-order chi connectivity index (χ0) is 20.6. The summed E-state index contributed by atoms with van der Waals surface area (Å²) in [5.41, 5.74) is 1.30. The number of aromatic nitrogens is 1. The molecule has 1 heterocycles. The van der Waals surface area contributed by atoms with E-state index in [4.69, 9.17) is 4.42 Å². The van der Waals surface area contributed by atoms with Gasteiger partial charge in [-0.15, -0.1) is 0 Å². The molecule has 2 N–H and O–H groups in total. The molecule has 154 valence electrons. The van der Waals surface area contributed by atoms with Gasteiger partial charge in [-0.2, -0.15) is 0 Å². The van der Waals surface area contributed by atoms with E-state index in [9.17, 15) is 0 Å². The van der Waals surface area contributed by atoms with Crippen LogP contribution in [0.4, 0.5) is 0 Å². The Morgan fingerprint density at radius 2 is 1.93 bits per heavy atom. The Labute approximate surface area is 169 Å². The van der Waals surface area contributed by atoms with Crippen LogP contribution in [0.2, 0.25) is 0 Å². The fourth-order valence-corrected chi connectivity index (χ4v) is 2.77. The van der Waals surface area contributed by atoms with Crippen LogP contribution in [-0.4, -0.2) is 42.5 Å². The normalized spacial score (nSPS) is 13.6. The first-order valence-corrected chi connectivity index (χ1v) is 9.93. The van der Waals surface area contributed by atoms with Crippen LogP contribution in [0.25, 0.3) is 0 Å². The molecular formula is C22H35N5O. The molecule has 0 spiro atoms. The molecule has 6 nitrogen and oxygen atoms in total. The molecule has 0 fully saturated rings. The van der Waals surface area contributed by atoms with Crippen molar-refractivity contribution < 1.29 is 4.42 Å². The van der Waals surface area contributed by atoms with E-state index < -0.39 is 0 Å². The van der Waals surface area contributed by atoms with Crippen molar-refractivity contribution >= 4 is 5.96 Å². The zero-order valence-electron chi connectivity index (χ0n) is 18.1. The van der Waals surface area contributed by atoms with Gasteiger partial charge in [0, 0.05) is 31.6 Å². The first-order valence-electron chi connectivity index (χ1n) is 9.93. The fraction of sp³-hybridized carbons (Fsp3) is 0.545. The van der Waals surface area contributed by atoms with Gasteiger partial charge in [-0.3, -0.25) is 9.89 Å². The summed E-state index contributed by atoms with van der Waals surface area (Å²) >= 11 is 0. The Hall–Kier alpha value is -2.34. The van der Waals surface area contributed by atoms with E-state index in [2.05, 4.69) is 90.6 Å². The van der Waals surface area contributed by atoms with Crippen LogP contribution in [-0.2, 0) is 18.5 Å². The summed E-state index contributed by atoms with van der Waals surface area (Å²) in [6, 6.07) is 11.0. The van der Waals surface area contributed by atoms with Crippen LogP contribution in [0.3, 0.4) is 0 Å². The van der Waals surface area contributed by atoms with Crippen molar-refractivity contribution in [2.75, 3.05) is 20.6 Å². The smallest absolute Gasteiger partial charge is 0.213 e. The Bertz CT molecular complexity index is 733. The summed E-state index contributed by atoms with van der Waals surface area (Å²) in [5.74, 6) is 2.32. The SMILES string of the molecule is CN=C(NCCC(C)N(C)Cc1ccccc1)NCc1ncc(C(C)(C)C)o1. The minimum absolute atomic E-state index is 0.0346. The molecule has 0 bridgehead atoms. The van der Waals surface area contributed by atoms with Crippen LogP contribution in [0.1, 0.15) is 51.3 Å². The van der Waals surface area contributed by atoms with Crippen molar-refractivity contribution in [3.05, 3.63) is 53.7 Å². The van der Waals surface area contributed by atoms with E-state index in [1.165, 1.54) is 5.56 Å². The predicted octanol–water partition coefficient (Wildman–Crippen LogP) is 3.55. The molecule has 0 saturated carbocycles. The van der Waals surface area contributed by atoms with Crippen molar-refractivity contribution in [3.8, 4) is 0 Å². The lowest BCUT2D eigenvalue weighted by atomic mass is 9.94. The van der Waals surface area contributed by atoms with E-state index in [1.807, 2.05) is 0 Å². The fourth-order valence-electron chi connectivity index (χ4n) is 2.77. The first kappa shape index (κ1) is 22.0. The number of hydrogen-bond donors (Lipinski definition) is 2. The lowest BCUT2D eigenvalue weighted by Crippen LogP contribution is -2.39. The highest BCUT2D eigenvalue weighted by Crippen LogP contribution is 2.22. The first-order chi connectivity index (χ1) is 13.3. The highest BCUT2D eigenvalue weighted by atomic mass is 16.4. The largest absolute Gasteiger partial charge is 0.443 e. The van der Waals surface area contributed by atoms with Crippen molar-refractivity contribution in [3.63, 3.8) is 0 Å². The molecule has 28 heavy (non-hydrogen) atoms. The summed E-state index contributed by atoms with van der Waals surface area (Å²) in [4.78, 5) is 11.0. The van der Waals surface area contributed by atoms with Crippen molar-refractivity contribution in [1.82, 2.24) is 20.5 Å². The maximum atomic E-state index is 5.81. The van der Waals surface area contributed by atoms with Crippen LogP contribution >= 0.6 is 0 Å². The monoisotopic (exact) mass is 385 g/mol. The lowest BCUT2D eigenvalue weighted by molar-refractivity contribution is 0.238. The van der Waals surface area contributed by atoms with Gasteiger partial charge in [0.05, 0.1) is 12.7 Å². The van der Waals surface area contributed by atoms with E-state index in [1.54, 1.807) is 13.2 Å². The molecule has 1 unspecified atom stereocenters. The van der Waals surface area contributed by atoms with Gasteiger partial charge in [0.2, 0.25) is 5.89 Å². The third-order valence-corrected chi connectivity index (χ3v) is 4.81. The number of guanidine groups is 1. The van der Waals surface area contributed by atoms with Gasteiger partial charge in [0.25, 0.3) is 0 Å². The van der Waals surface area contributed by atoms with Gasteiger partial charge < -0.3 is 15.1 Å². The summed E-state index contributed by atoms with van der Waals surface area (Å²) in [5, 5.41) is 6.63. The van der Waals surface area contributed by atoms with Crippen molar-refractivity contribution in [2.24, 2.45) is 4.99 Å².